The standard InChI is InChI=1S/C18H22ClNO2.C17H20ClNO2.CH4/c1-22-18(21)14-16(15-7-5-9-17(19)13-15)8-6-12-20-10-3-2-4-11-20;18-16-8-4-6-14(12-16)15(13-17(20)21)7-5-11-19-9-2-1-3-10-19;/h5,7,9,13,16H,2-4,10-12,14H2,1H3;4,6,8,12,15H,1-3,9-11,13H2,(H,20,21);1H4. The van der Waals surface area contributed by atoms with Crippen molar-refractivity contribution in [2.24, 2.45) is 0 Å². The van der Waals surface area contributed by atoms with Crippen LogP contribution in [0.15, 0.2) is 48.5 Å². The Bertz CT molecular complexity index is 1300. The van der Waals surface area contributed by atoms with Gasteiger partial charge in [0.25, 0.3) is 0 Å². The molecule has 6 nitrogen and oxygen atoms in total. The largest absolute Gasteiger partial charge is 0.481 e. The van der Waals surface area contributed by atoms with Crippen LogP contribution in [0.3, 0.4) is 0 Å². The third kappa shape index (κ3) is 14.2. The van der Waals surface area contributed by atoms with Crippen molar-refractivity contribution in [2.45, 2.75) is 70.6 Å². The van der Waals surface area contributed by atoms with Gasteiger partial charge in [0.05, 0.1) is 44.9 Å². The summed E-state index contributed by atoms with van der Waals surface area (Å²) in [4.78, 5) is 27.3. The molecule has 0 bridgehead atoms. The predicted molar refractivity (Wildman–Crippen MR) is 180 cm³/mol. The van der Waals surface area contributed by atoms with Crippen molar-refractivity contribution in [1.29, 1.82) is 0 Å². The summed E-state index contributed by atoms with van der Waals surface area (Å²) in [5.74, 6) is 11.1. The number of esters is 1. The number of aliphatic carboxylic acids is 1. The van der Waals surface area contributed by atoms with Gasteiger partial charge in [-0.3, -0.25) is 19.4 Å². The first-order chi connectivity index (χ1) is 20.8. The van der Waals surface area contributed by atoms with Crippen LogP contribution in [0.5, 0.6) is 0 Å². The number of likely N-dealkylation sites (tertiary alicyclic amines) is 2. The molecule has 0 radical (unpaired) electrons. The zero-order valence-corrected chi connectivity index (χ0v) is 26.5. The summed E-state index contributed by atoms with van der Waals surface area (Å²) in [6.07, 6.45) is 7.84. The monoisotopic (exact) mass is 640 g/mol. The van der Waals surface area contributed by atoms with E-state index in [0.717, 1.165) is 50.4 Å². The summed E-state index contributed by atoms with van der Waals surface area (Å²) in [5, 5.41) is 10.3. The number of halogens is 2. The number of carbonyl (C=O) groups excluding carboxylic acids is 1. The number of hydrogen-bond acceptors (Lipinski definition) is 5. The normalized spacial score (nSPS) is 16.2. The van der Waals surface area contributed by atoms with Gasteiger partial charge in [-0.05, 0) is 87.3 Å². The molecular weight excluding hydrogens is 595 g/mol. The molecule has 0 aliphatic carbocycles. The first-order valence-corrected chi connectivity index (χ1v) is 15.8. The molecule has 4 rings (SSSR count). The number of rotatable bonds is 8. The lowest BCUT2D eigenvalue weighted by molar-refractivity contribution is -0.141. The second-order valence-electron chi connectivity index (χ2n) is 10.9. The minimum atomic E-state index is -0.841. The molecule has 0 spiro atoms. The van der Waals surface area contributed by atoms with Crippen molar-refractivity contribution in [2.75, 3.05) is 46.4 Å². The molecule has 0 saturated carbocycles. The molecule has 44 heavy (non-hydrogen) atoms. The second kappa shape index (κ2) is 20.9. The number of methoxy groups -OCH3 is 1. The highest BCUT2D eigenvalue weighted by Crippen LogP contribution is 2.23. The highest BCUT2D eigenvalue weighted by atomic mass is 35.5. The molecule has 2 aromatic rings. The number of benzene rings is 2. The Kier molecular flexibility index (Phi) is 17.6. The zero-order valence-electron chi connectivity index (χ0n) is 25.0. The lowest BCUT2D eigenvalue weighted by atomic mass is 9.96. The number of ether oxygens (including phenoxy) is 1. The van der Waals surface area contributed by atoms with Crippen LogP contribution in [0.1, 0.15) is 81.8 Å². The predicted octanol–water partition coefficient (Wildman–Crippen LogP) is 7.50. The van der Waals surface area contributed by atoms with Crippen molar-refractivity contribution in [3.05, 3.63) is 69.7 Å². The van der Waals surface area contributed by atoms with Crippen LogP contribution in [0.25, 0.3) is 0 Å². The zero-order chi connectivity index (χ0) is 30.9. The maximum atomic E-state index is 11.6. The third-order valence-electron chi connectivity index (χ3n) is 7.53. The van der Waals surface area contributed by atoms with E-state index in [0.29, 0.717) is 10.0 Å². The molecule has 2 atom stereocenters. The summed E-state index contributed by atoms with van der Waals surface area (Å²) in [5.41, 5.74) is 1.83. The number of hydrogen-bond donors (Lipinski definition) is 1. The van der Waals surface area contributed by atoms with Crippen molar-refractivity contribution in [3.63, 3.8) is 0 Å². The van der Waals surface area contributed by atoms with E-state index in [9.17, 15) is 9.59 Å². The summed E-state index contributed by atoms with van der Waals surface area (Å²) >= 11 is 12.0. The van der Waals surface area contributed by atoms with Gasteiger partial charge >= 0.3 is 11.9 Å². The Morgan fingerprint density at radius 1 is 0.773 bits per heavy atom. The van der Waals surface area contributed by atoms with Crippen LogP contribution in [-0.2, 0) is 14.3 Å². The fourth-order valence-corrected chi connectivity index (χ4v) is 5.57. The maximum absolute atomic E-state index is 11.6. The van der Waals surface area contributed by atoms with Gasteiger partial charge < -0.3 is 9.84 Å². The molecule has 8 heteroatoms. The first kappa shape index (κ1) is 37.2. The number of nitrogens with zero attached hydrogens (tertiary/aromatic N) is 2. The average Bonchev–Trinajstić information content (AvgIpc) is 3.01. The Hall–Kier alpha value is -3.00. The highest BCUT2D eigenvalue weighted by molar-refractivity contribution is 6.30. The Morgan fingerprint density at radius 2 is 1.20 bits per heavy atom. The van der Waals surface area contributed by atoms with Gasteiger partial charge in [-0.25, -0.2) is 0 Å². The van der Waals surface area contributed by atoms with Crippen LogP contribution in [0, 0.1) is 23.7 Å². The van der Waals surface area contributed by atoms with Crippen LogP contribution >= 0.6 is 23.2 Å². The number of carbonyl (C=O) groups is 2. The van der Waals surface area contributed by atoms with E-state index in [2.05, 4.69) is 33.5 Å². The van der Waals surface area contributed by atoms with Gasteiger partial charge in [0.2, 0.25) is 0 Å². The molecule has 1 N–H and O–H groups in total. The van der Waals surface area contributed by atoms with Crippen molar-refractivity contribution >= 4 is 35.1 Å². The van der Waals surface area contributed by atoms with Gasteiger partial charge in [0.1, 0.15) is 0 Å². The van der Waals surface area contributed by atoms with Crippen molar-refractivity contribution in [3.8, 4) is 23.7 Å². The molecule has 2 unspecified atom stereocenters. The first-order valence-electron chi connectivity index (χ1n) is 15.0. The Labute approximate surface area is 274 Å². The van der Waals surface area contributed by atoms with Gasteiger partial charge in [-0.2, -0.15) is 0 Å². The van der Waals surface area contributed by atoms with Crippen LogP contribution in [0.4, 0.5) is 0 Å². The highest BCUT2D eigenvalue weighted by Gasteiger charge is 2.16. The lowest BCUT2D eigenvalue weighted by Crippen LogP contribution is -2.29. The maximum Gasteiger partial charge on any atom is 0.307 e. The summed E-state index contributed by atoms with van der Waals surface area (Å²) < 4.78 is 4.78. The van der Waals surface area contributed by atoms with E-state index in [1.165, 1.54) is 45.6 Å². The average molecular weight is 642 g/mol. The second-order valence-corrected chi connectivity index (χ2v) is 11.8. The SMILES string of the molecule is C.COC(=O)CC(C#CCN1CCCCC1)c1cccc(Cl)c1.O=C(O)CC(C#CCN1CCCCC1)c1cccc(Cl)c1. The molecule has 2 aromatic carbocycles. The quantitative estimate of drug-likeness (QED) is 0.238. The van der Waals surface area contributed by atoms with E-state index in [1.807, 2.05) is 36.4 Å². The van der Waals surface area contributed by atoms with Crippen LogP contribution in [0.2, 0.25) is 10.0 Å². The molecule has 0 aromatic heterocycles. The smallest absolute Gasteiger partial charge is 0.307 e. The molecule has 2 heterocycles. The minimum Gasteiger partial charge on any atom is -0.481 e. The minimum absolute atomic E-state index is 0. The molecule has 2 aliphatic rings. The molecule has 238 valence electrons. The Morgan fingerprint density at radius 3 is 1.59 bits per heavy atom. The van der Waals surface area contributed by atoms with E-state index in [1.54, 1.807) is 12.1 Å². The van der Waals surface area contributed by atoms with Gasteiger partial charge in [0, 0.05) is 10.0 Å². The number of carboxylic acid groups (broad SMARTS) is 1. The molecule has 2 aliphatic heterocycles. The van der Waals surface area contributed by atoms with Gasteiger partial charge in [0.15, 0.2) is 0 Å². The van der Waals surface area contributed by atoms with Crippen molar-refractivity contribution < 1.29 is 19.4 Å². The van der Waals surface area contributed by atoms with E-state index < -0.39 is 5.97 Å². The molecule has 0 amide bonds. The summed E-state index contributed by atoms with van der Waals surface area (Å²) in [6.45, 7) is 5.90. The fraction of sp³-hybridized carbons (Fsp3) is 0.500. The van der Waals surface area contributed by atoms with Gasteiger partial charge in [-0.15, -0.1) is 0 Å². The van der Waals surface area contributed by atoms with E-state index in [-0.39, 0.29) is 38.1 Å². The molecular formula is C36H46Cl2N2O4. The number of piperidine rings is 2. The molecule has 2 saturated heterocycles. The van der Waals surface area contributed by atoms with Gasteiger partial charge in [-0.1, -0.05) is 91.4 Å². The van der Waals surface area contributed by atoms with Crippen LogP contribution in [-0.4, -0.2) is 73.2 Å². The fourth-order valence-electron chi connectivity index (χ4n) is 5.17. The Balaban J connectivity index is 0.000000300. The number of carboxylic acids is 1. The topological polar surface area (TPSA) is 70.1 Å². The summed E-state index contributed by atoms with van der Waals surface area (Å²) in [7, 11) is 1.40. The van der Waals surface area contributed by atoms with Crippen LogP contribution < -0.4 is 0 Å². The van der Waals surface area contributed by atoms with E-state index in [4.69, 9.17) is 33.0 Å². The van der Waals surface area contributed by atoms with E-state index >= 15 is 0 Å². The van der Waals surface area contributed by atoms with Crippen molar-refractivity contribution in [1.82, 2.24) is 9.80 Å². The molecule has 2 fully saturated rings. The third-order valence-corrected chi connectivity index (χ3v) is 8.00. The summed E-state index contributed by atoms with van der Waals surface area (Å²) in [6, 6.07) is 14.8. The lowest BCUT2D eigenvalue weighted by Gasteiger charge is -2.24.